The fraction of sp³-hybridized carbons (Fsp3) is 0.562. The van der Waals surface area contributed by atoms with Crippen LogP contribution in [-0.4, -0.2) is 31.7 Å². The maximum atomic E-state index is 11.8. The van der Waals surface area contributed by atoms with Gasteiger partial charge in [-0.2, -0.15) is 0 Å². The Labute approximate surface area is 120 Å². The van der Waals surface area contributed by atoms with Gasteiger partial charge in [0.25, 0.3) is 0 Å². The Morgan fingerprint density at radius 1 is 1.20 bits per heavy atom. The number of benzene rings is 1. The summed E-state index contributed by atoms with van der Waals surface area (Å²) in [6.45, 7) is 2.56. The van der Waals surface area contributed by atoms with E-state index in [-0.39, 0.29) is 5.91 Å². The molecule has 1 amide bonds. The van der Waals surface area contributed by atoms with Crippen molar-refractivity contribution in [3.05, 3.63) is 24.3 Å². The van der Waals surface area contributed by atoms with E-state index in [9.17, 15) is 4.79 Å². The Bertz CT molecular complexity index is 467. The van der Waals surface area contributed by atoms with Gasteiger partial charge < -0.3 is 15.0 Å². The first-order chi connectivity index (χ1) is 9.83. The van der Waals surface area contributed by atoms with Crippen molar-refractivity contribution < 1.29 is 9.53 Å². The van der Waals surface area contributed by atoms with Crippen LogP contribution in [0.5, 0.6) is 0 Å². The molecule has 2 aliphatic rings. The average molecular weight is 274 g/mol. The highest BCUT2D eigenvalue weighted by atomic mass is 16.5. The number of hydrogen-bond donors (Lipinski definition) is 1. The van der Waals surface area contributed by atoms with Crippen LogP contribution >= 0.6 is 0 Å². The van der Waals surface area contributed by atoms with Crippen LogP contribution in [0.4, 0.5) is 11.4 Å². The van der Waals surface area contributed by atoms with Gasteiger partial charge in [-0.05, 0) is 43.9 Å². The molecule has 2 saturated heterocycles. The highest BCUT2D eigenvalue weighted by molar-refractivity contribution is 5.95. The molecule has 2 aliphatic heterocycles. The van der Waals surface area contributed by atoms with E-state index in [0.717, 1.165) is 56.8 Å². The summed E-state index contributed by atoms with van der Waals surface area (Å²) >= 11 is 0. The zero-order valence-electron chi connectivity index (χ0n) is 11.8. The van der Waals surface area contributed by atoms with Gasteiger partial charge in [0, 0.05) is 43.6 Å². The SMILES string of the molecule is O=C1CCCN1c1cccc(NC2CCCOCC2)c1. The number of ether oxygens (including phenoxy) is 1. The second-order valence-corrected chi connectivity index (χ2v) is 5.58. The van der Waals surface area contributed by atoms with Crippen molar-refractivity contribution in [3.8, 4) is 0 Å². The molecule has 0 aliphatic carbocycles. The molecule has 2 heterocycles. The summed E-state index contributed by atoms with van der Waals surface area (Å²) in [5.74, 6) is 0.241. The van der Waals surface area contributed by atoms with Crippen LogP contribution in [0.1, 0.15) is 32.1 Å². The van der Waals surface area contributed by atoms with Gasteiger partial charge in [-0.15, -0.1) is 0 Å². The van der Waals surface area contributed by atoms with E-state index in [1.54, 1.807) is 0 Å². The van der Waals surface area contributed by atoms with Gasteiger partial charge in [-0.3, -0.25) is 4.79 Å². The second kappa shape index (κ2) is 6.27. The topological polar surface area (TPSA) is 41.6 Å². The molecule has 4 heteroatoms. The molecular weight excluding hydrogens is 252 g/mol. The lowest BCUT2D eigenvalue weighted by atomic mass is 10.1. The Morgan fingerprint density at radius 3 is 3.00 bits per heavy atom. The maximum Gasteiger partial charge on any atom is 0.227 e. The molecule has 1 aromatic rings. The molecule has 0 aromatic heterocycles. The van der Waals surface area contributed by atoms with Crippen molar-refractivity contribution in [1.29, 1.82) is 0 Å². The van der Waals surface area contributed by atoms with E-state index in [4.69, 9.17) is 4.74 Å². The summed E-state index contributed by atoms with van der Waals surface area (Å²) in [5.41, 5.74) is 2.12. The molecular formula is C16H22N2O2. The van der Waals surface area contributed by atoms with Gasteiger partial charge >= 0.3 is 0 Å². The van der Waals surface area contributed by atoms with E-state index in [2.05, 4.69) is 17.4 Å². The molecule has 1 atom stereocenters. The summed E-state index contributed by atoms with van der Waals surface area (Å²) in [7, 11) is 0. The molecule has 0 saturated carbocycles. The quantitative estimate of drug-likeness (QED) is 0.921. The van der Waals surface area contributed by atoms with Crippen LogP contribution in [0, 0.1) is 0 Å². The monoisotopic (exact) mass is 274 g/mol. The number of amides is 1. The van der Waals surface area contributed by atoms with Gasteiger partial charge in [0.15, 0.2) is 0 Å². The third-order valence-corrected chi connectivity index (χ3v) is 4.05. The van der Waals surface area contributed by atoms with Crippen LogP contribution in [0.15, 0.2) is 24.3 Å². The van der Waals surface area contributed by atoms with Crippen LogP contribution < -0.4 is 10.2 Å². The molecule has 0 spiro atoms. The van der Waals surface area contributed by atoms with Crippen LogP contribution in [0.3, 0.4) is 0 Å². The average Bonchev–Trinajstić information content (AvgIpc) is 2.72. The minimum absolute atomic E-state index is 0.241. The molecule has 0 bridgehead atoms. The number of nitrogens with zero attached hydrogens (tertiary/aromatic N) is 1. The first-order valence-electron chi connectivity index (χ1n) is 7.58. The van der Waals surface area contributed by atoms with Gasteiger partial charge in [0.2, 0.25) is 5.91 Å². The van der Waals surface area contributed by atoms with Crippen LogP contribution in [0.2, 0.25) is 0 Å². The zero-order chi connectivity index (χ0) is 13.8. The predicted octanol–water partition coefficient (Wildman–Crippen LogP) is 2.79. The highest BCUT2D eigenvalue weighted by Gasteiger charge is 2.22. The molecule has 1 aromatic carbocycles. The molecule has 108 valence electrons. The number of hydrogen-bond acceptors (Lipinski definition) is 3. The van der Waals surface area contributed by atoms with E-state index in [1.165, 1.54) is 0 Å². The lowest BCUT2D eigenvalue weighted by Gasteiger charge is -2.20. The van der Waals surface area contributed by atoms with E-state index >= 15 is 0 Å². The van der Waals surface area contributed by atoms with Crippen molar-refractivity contribution in [2.75, 3.05) is 30.0 Å². The second-order valence-electron chi connectivity index (χ2n) is 5.58. The van der Waals surface area contributed by atoms with Gasteiger partial charge in [0.1, 0.15) is 0 Å². The van der Waals surface area contributed by atoms with Crippen molar-refractivity contribution in [3.63, 3.8) is 0 Å². The standard InChI is InChI=1S/C16H22N2O2/c19-16-7-2-9-18(16)15-6-1-4-14(12-15)17-13-5-3-10-20-11-8-13/h1,4,6,12-13,17H,2-3,5,7-11H2. The molecule has 3 rings (SSSR count). The minimum Gasteiger partial charge on any atom is -0.382 e. The Morgan fingerprint density at radius 2 is 2.15 bits per heavy atom. The normalized spacial score (nSPS) is 23.7. The summed E-state index contributed by atoms with van der Waals surface area (Å²) in [6, 6.07) is 8.69. The number of carbonyl (C=O) groups is 1. The Kier molecular flexibility index (Phi) is 4.21. The molecule has 1 N–H and O–H groups in total. The smallest absolute Gasteiger partial charge is 0.227 e. The summed E-state index contributed by atoms with van der Waals surface area (Å²) in [5, 5.41) is 3.58. The van der Waals surface area contributed by atoms with Crippen molar-refractivity contribution in [2.45, 2.75) is 38.1 Å². The number of carbonyl (C=O) groups excluding carboxylic acids is 1. The zero-order valence-corrected chi connectivity index (χ0v) is 11.8. The fourth-order valence-corrected chi connectivity index (χ4v) is 2.97. The van der Waals surface area contributed by atoms with Crippen molar-refractivity contribution in [1.82, 2.24) is 0 Å². The lowest BCUT2D eigenvalue weighted by molar-refractivity contribution is -0.117. The van der Waals surface area contributed by atoms with Crippen molar-refractivity contribution in [2.24, 2.45) is 0 Å². The molecule has 1 unspecified atom stereocenters. The Balaban J connectivity index is 1.69. The summed E-state index contributed by atoms with van der Waals surface area (Å²) in [6.07, 6.45) is 4.95. The minimum atomic E-state index is 0.241. The largest absolute Gasteiger partial charge is 0.382 e. The van der Waals surface area contributed by atoms with Crippen LogP contribution in [-0.2, 0) is 9.53 Å². The maximum absolute atomic E-state index is 11.8. The molecule has 20 heavy (non-hydrogen) atoms. The first-order valence-corrected chi connectivity index (χ1v) is 7.58. The van der Waals surface area contributed by atoms with E-state index in [1.807, 2.05) is 17.0 Å². The third kappa shape index (κ3) is 3.12. The Hall–Kier alpha value is -1.55. The lowest BCUT2D eigenvalue weighted by Crippen LogP contribution is -2.24. The van der Waals surface area contributed by atoms with Gasteiger partial charge in [-0.1, -0.05) is 6.07 Å². The van der Waals surface area contributed by atoms with E-state index < -0.39 is 0 Å². The fourth-order valence-electron chi connectivity index (χ4n) is 2.97. The highest BCUT2D eigenvalue weighted by Crippen LogP contribution is 2.25. The molecule has 2 fully saturated rings. The molecule has 0 radical (unpaired) electrons. The number of rotatable bonds is 3. The first kappa shape index (κ1) is 13.4. The van der Waals surface area contributed by atoms with Gasteiger partial charge in [0.05, 0.1) is 0 Å². The summed E-state index contributed by atoms with van der Waals surface area (Å²) < 4.78 is 5.49. The molecule has 4 nitrogen and oxygen atoms in total. The third-order valence-electron chi connectivity index (χ3n) is 4.05. The number of anilines is 2. The van der Waals surface area contributed by atoms with Crippen molar-refractivity contribution >= 4 is 17.3 Å². The predicted molar refractivity (Wildman–Crippen MR) is 80.1 cm³/mol. The van der Waals surface area contributed by atoms with Gasteiger partial charge in [-0.25, -0.2) is 0 Å². The van der Waals surface area contributed by atoms with Crippen LogP contribution in [0.25, 0.3) is 0 Å². The van der Waals surface area contributed by atoms with E-state index in [0.29, 0.717) is 12.5 Å². The number of nitrogens with one attached hydrogen (secondary N) is 1. The summed E-state index contributed by atoms with van der Waals surface area (Å²) in [4.78, 5) is 13.7.